The van der Waals surface area contributed by atoms with E-state index in [1.807, 2.05) is 42.4 Å². The number of carbonyl (C=O) groups is 3. The standard InChI is InChI=1S/C23H29N5O3.CH2O2/c1-26-16-17(15-24-26)21-23(18-5-2-3-6-19(18)25-22(23)30)8-10-28(21)20(29)7-4-9-27-11-13-31-14-12-27;2-1-3/h2-3,5-6,15-16,21H,4,7-14H2,1H3,(H,25,30);1H,(H,2,3)/t21-,23+;/m0./s1. The number of aromatic nitrogens is 2. The van der Waals surface area contributed by atoms with Crippen molar-refractivity contribution in [1.82, 2.24) is 19.6 Å². The van der Waals surface area contributed by atoms with E-state index in [-0.39, 0.29) is 24.3 Å². The Morgan fingerprint density at radius 1 is 1.29 bits per heavy atom. The van der Waals surface area contributed by atoms with Crippen molar-refractivity contribution in [1.29, 1.82) is 0 Å². The van der Waals surface area contributed by atoms with Crippen molar-refractivity contribution in [2.24, 2.45) is 7.05 Å². The molecule has 2 N–H and O–H groups in total. The molecule has 3 aliphatic rings. The Morgan fingerprint density at radius 3 is 2.74 bits per heavy atom. The first-order valence-corrected chi connectivity index (χ1v) is 11.6. The lowest BCUT2D eigenvalue weighted by Crippen LogP contribution is -2.42. The minimum Gasteiger partial charge on any atom is -0.483 e. The number of carboxylic acid groups (broad SMARTS) is 1. The minimum absolute atomic E-state index is 0.0221. The molecule has 4 heterocycles. The van der Waals surface area contributed by atoms with Crippen LogP contribution in [-0.2, 0) is 31.6 Å². The number of likely N-dealkylation sites (tertiary alicyclic amines) is 1. The van der Waals surface area contributed by atoms with Gasteiger partial charge >= 0.3 is 0 Å². The first-order chi connectivity index (χ1) is 16.5. The maximum Gasteiger partial charge on any atom is 0.290 e. The zero-order chi connectivity index (χ0) is 24.1. The summed E-state index contributed by atoms with van der Waals surface area (Å²) in [6.45, 7) is 4.60. The highest BCUT2D eigenvalue weighted by molar-refractivity contribution is 6.07. The van der Waals surface area contributed by atoms with Crippen molar-refractivity contribution in [2.45, 2.75) is 30.7 Å². The molecule has 1 aromatic heterocycles. The van der Waals surface area contributed by atoms with Gasteiger partial charge < -0.3 is 20.1 Å². The van der Waals surface area contributed by atoms with Crippen LogP contribution in [0.25, 0.3) is 0 Å². The molecule has 10 nitrogen and oxygen atoms in total. The third kappa shape index (κ3) is 4.43. The van der Waals surface area contributed by atoms with Gasteiger partial charge in [0.15, 0.2) is 0 Å². The van der Waals surface area contributed by atoms with E-state index in [2.05, 4.69) is 15.3 Å². The third-order valence-electron chi connectivity index (χ3n) is 6.92. The van der Waals surface area contributed by atoms with Gasteiger partial charge in [-0.1, -0.05) is 18.2 Å². The lowest BCUT2D eigenvalue weighted by molar-refractivity contribution is -0.133. The summed E-state index contributed by atoms with van der Waals surface area (Å²) in [5.41, 5.74) is 1.98. The molecule has 0 bridgehead atoms. The maximum atomic E-state index is 13.4. The number of hydrogen-bond donors (Lipinski definition) is 2. The summed E-state index contributed by atoms with van der Waals surface area (Å²) in [6.07, 6.45) is 5.63. The first-order valence-electron chi connectivity index (χ1n) is 11.6. The number of benzene rings is 1. The molecule has 5 rings (SSSR count). The maximum absolute atomic E-state index is 13.4. The quantitative estimate of drug-likeness (QED) is 0.636. The Morgan fingerprint density at radius 2 is 2.03 bits per heavy atom. The molecule has 34 heavy (non-hydrogen) atoms. The molecule has 2 fully saturated rings. The van der Waals surface area contributed by atoms with E-state index in [0.29, 0.717) is 19.4 Å². The number of para-hydroxylation sites is 1. The molecular weight excluding hydrogens is 438 g/mol. The number of hydrogen-bond acceptors (Lipinski definition) is 6. The molecule has 2 aromatic rings. The average Bonchev–Trinajstić information content (AvgIpc) is 3.52. The van der Waals surface area contributed by atoms with Gasteiger partial charge in [0, 0.05) is 50.6 Å². The SMILES string of the molecule is Cn1cc([C@@H]2N(C(=O)CCCN3CCOCC3)CC[C@]23C(=O)Nc2ccccc23)cn1.O=CO. The van der Waals surface area contributed by atoms with E-state index in [4.69, 9.17) is 14.6 Å². The summed E-state index contributed by atoms with van der Waals surface area (Å²) >= 11 is 0. The van der Waals surface area contributed by atoms with Gasteiger partial charge in [0.25, 0.3) is 6.47 Å². The van der Waals surface area contributed by atoms with E-state index in [1.54, 1.807) is 10.9 Å². The summed E-state index contributed by atoms with van der Waals surface area (Å²) in [6, 6.07) is 7.51. The number of anilines is 1. The second-order valence-electron chi connectivity index (χ2n) is 8.82. The summed E-state index contributed by atoms with van der Waals surface area (Å²) in [4.78, 5) is 39.3. The van der Waals surface area contributed by atoms with E-state index in [0.717, 1.165) is 56.1 Å². The zero-order valence-corrected chi connectivity index (χ0v) is 19.4. The molecule has 182 valence electrons. The minimum atomic E-state index is -0.764. The lowest BCUT2D eigenvalue weighted by Gasteiger charge is -2.33. The second kappa shape index (κ2) is 10.4. The number of nitrogens with zero attached hydrogens (tertiary/aromatic N) is 4. The Hall–Kier alpha value is -3.24. The fourth-order valence-corrected chi connectivity index (χ4v) is 5.42. The topological polar surface area (TPSA) is 117 Å². The monoisotopic (exact) mass is 469 g/mol. The predicted octanol–water partition coefficient (Wildman–Crippen LogP) is 1.40. The van der Waals surface area contributed by atoms with Gasteiger partial charge in [0.05, 0.1) is 25.5 Å². The van der Waals surface area contributed by atoms with Gasteiger partial charge in [-0.05, 0) is 31.0 Å². The summed E-state index contributed by atoms with van der Waals surface area (Å²) < 4.78 is 7.14. The number of ether oxygens (including phenoxy) is 1. The molecule has 0 unspecified atom stereocenters. The molecule has 0 radical (unpaired) electrons. The van der Waals surface area contributed by atoms with E-state index in [9.17, 15) is 9.59 Å². The van der Waals surface area contributed by atoms with Gasteiger partial charge in [0.1, 0.15) is 5.41 Å². The second-order valence-corrected chi connectivity index (χ2v) is 8.82. The number of carbonyl (C=O) groups excluding carboxylic acids is 2. The normalized spacial score (nSPS) is 23.9. The summed E-state index contributed by atoms with van der Waals surface area (Å²) in [5, 5.41) is 14.3. The number of aryl methyl sites for hydroxylation is 1. The molecule has 2 saturated heterocycles. The Kier molecular flexibility index (Phi) is 7.28. The molecule has 2 atom stereocenters. The number of rotatable bonds is 5. The predicted molar refractivity (Wildman–Crippen MR) is 124 cm³/mol. The number of nitrogens with one attached hydrogen (secondary N) is 1. The van der Waals surface area contributed by atoms with Crippen LogP contribution < -0.4 is 5.32 Å². The van der Waals surface area contributed by atoms with Crippen LogP contribution in [0.4, 0.5) is 5.69 Å². The van der Waals surface area contributed by atoms with Crippen LogP contribution in [0, 0.1) is 0 Å². The van der Waals surface area contributed by atoms with Crippen molar-refractivity contribution >= 4 is 24.0 Å². The van der Waals surface area contributed by atoms with E-state index >= 15 is 0 Å². The van der Waals surface area contributed by atoms with Gasteiger partial charge in [-0.2, -0.15) is 5.10 Å². The van der Waals surface area contributed by atoms with Crippen LogP contribution in [0.1, 0.15) is 36.4 Å². The van der Waals surface area contributed by atoms with Crippen molar-refractivity contribution in [2.75, 3.05) is 44.7 Å². The molecule has 3 aliphatic heterocycles. The van der Waals surface area contributed by atoms with Crippen LogP contribution in [0.15, 0.2) is 36.7 Å². The average molecular weight is 470 g/mol. The van der Waals surface area contributed by atoms with Gasteiger partial charge in [0.2, 0.25) is 11.8 Å². The fraction of sp³-hybridized carbons (Fsp3) is 0.500. The van der Waals surface area contributed by atoms with E-state index in [1.165, 1.54) is 0 Å². The largest absolute Gasteiger partial charge is 0.483 e. The molecule has 1 aromatic carbocycles. The Bertz CT molecular complexity index is 1030. The van der Waals surface area contributed by atoms with Gasteiger partial charge in [-0.3, -0.25) is 24.0 Å². The molecular formula is C24H31N5O5. The smallest absolute Gasteiger partial charge is 0.290 e. The van der Waals surface area contributed by atoms with Crippen molar-refractivity contribution in [3.63, 3.8) is 0 Å². The highest BCUT2D eigenvalue weighted by Crippen LogP contribution is 2.54. The first kappa shape index (κ1) is 23.9. The molecule has 2 amide bonds. The third-order valence-corrected chi connectivity index (χ3v) is 6.92. The summed E-state index contributed by atoms with van der Waals surface area (Å²) in [7, 11) is 1.86. The van der Waals surface area contributed by atoms with Crippen molar-refractivity contribution in [3.8, 4) is 0 Å². The molecule has 0 saturated carbocycles. The Balaban J connectivity index is 0.000000868. The van der Waals surface area contributed by atoms with Crippen LogP contribution in [0.3, 0.4) is 0 Å². The van der Waals surface area contributed by atoms with Crippen molar-refractivity contribution < 1.29 is 24.2 Å². The fourth-order valence-electron chi connectivity index (χ4n) is 5.42. The number of morpholine rings is 1. The molecule has 1 spiro atoms. The van der Waals surface area contributed by atoms with Crippen molar-refractivity contribution in [3.05, 3.63) is 47.8 Å². The van der Waals surface area contributed by atoms with Crippen LogP contribution in [0.5, 0.6) is 0 Å². The van der Waals surface area contributed by atoms with Crippen LogP contribution in [-0.4, -0.2) is 82.4 Å². The highest BCUT2D eigenvalue weighted by atomic mass is 16.5. The Labute approximate surface area is 198 Å². The number of amides is 2. The van der Waals surface area contributed by atoms with Crippen LogP contribution in [0.2, 0.25) is 0 Å². The number of fused-ring (bicyclic) bond motifs is 2. The zero-order valence-electron chi connectivity index (χ0n) is 19.4. The van der Waals surface area contributed by atoms with E-state index < -0.39 is 5.41 Å². The molecule has 10 heteroatoms. The highest BCUT2D eigenvalue weighted by Gasteiger charge is 2.59. The molecule has 0 aliphatic carbocycles. The van der Waals surface area contributed by atoms with Gasteiger partial charge in [-0.25, -0.2) is 0 Å². The van der Waals surface area contributed by atoms with Gasteiger partial charge in [-0.15, -0.1) is 0 Å². The lowest BCUT2D eigenvalue weighted by atomic mass is 9.73. The summed E-state index contributed by atoms with van der Waals surface area (Å²) in [5.74, 6) is 0.0855. The van der Waals surface area contributed by atoms with Crippen LogP contribution >= 0.6 is 0 Å².